The molecule has 3 nitrogen and oxygen atoms in total. The zero-order valence-corrected chi connectivity index (χ0v) is 11.4. The molecule has 2 aliphatic heterocycles. The molecule has 0 aromatic carbocycles. The molecule has 0 saturated carbocycles. The van der Waals surface area contributed by atoms with Gasteiger partial charge >= 0.3 is 0 Å². The van der Waals surface area contributed by atoms with Gasteiger partial charge in [0.2, 0.25) is 0 Å². The van der Waals surface area contributed by atoms with Crippen molar-refractivity contribution < 1.29 is 9.84 Å². The van der Waals surface area contributed by atoms with E-state index >= 15 is 0 Å². The Kier molecular flexibility index (Phi) is 4.45. The van der Waals surface area contributed by atoms with E-state index in [4.69, 9.17) is 4.74 Å². The third-order valence-electron chi connectivity index (χ3n) is 4.65. The maximum atomic E-state index is 10.3. The number of piperidine rings is 1. The van der Waals surface area contributed by atoms with Crippen molar-refractivity contribution in [3.63, 3.8) is 0 Å². The molecule has 17 heavy (non-hydrogen) atoms. The number of aliphatic hydroxyl groups is 1. The van der Waals surface area contributed by atoms with Crippen LogP contribution in [0.2, 0.25) is 0 Å². The van der Waals surface area contributed by atoms with Gasteiger partial charge in [0.1, 0.15) is 0 Å². The first-order chi connectivity index (χ1) is 8.08. The highest BCUT2D eigenvalue weighted by atomic mass is 16.5. The SMILES string of the molecule is CC1CC(C)C(C)N(CC(O)C2CCOC2)C1. The average Bonchev–Trinajstić information content (AvgIpc) is 2.78. The highest BCUT2D eigenvalue weighted by Crippen LogP contribution is 2.28. The van der Waals surface area contributed by atoms with Crippen LogP contribution in [0.1, 0.15) is 33.6 Å². The number of rotatable bonds is 3. The molecular formula is C14H27NO2. The number of nitrogens with zero attached hydrogens (tertiary/aromatic N) is 1. The Balaban J connectivity index is 1.87. The van der Waals surface area contributed by atoms with Crippen molar-refractivity contribution in [1.82, 2.24) is 4.90 Å². The zero-order valence-electron chi connectivity index (χ0n) is 11.4. The molecule has 0 aliphatic carbocycles. The van der Waals surface area contributed by atoms with Gasteiger partial charge in [0.25, 0.3) is 0 Å². The molecule has 5 unspecified atom stereocenters. The number of ether oxygens (including phenoxy) is 1. The molecule has 2 fully saturated rings. The smallest absolute Gasteiger partial charge is 0.0718 e. The molecule has 0 bridgehead atoms. The van der Waals surface area contributed by atoms with Gasteiger partial charge in [-0.15, -0.1) is 0 Å². The van der Waals surface area contributed by atoms with E-state index in [-0.39, 0.29) is 6.10 Å². The fourth-order valence-corrected chi connectivity index (χ4v) is 3.32. The van der Waals surface area contributed by atoms with Gasteiger partial charge in [-0.2, -0.15) is 0 Å². The van der Waals surface area contributed by atoms with Crippen LogP contribution >= 0.6 is 0 Å². The Bertz CT molecular complexity index is 240. The first-order valence-electron chi connectivity index (χ1n) is 7.07. The summed E-state index contributed by atoms with van der Waals surface area (Å²) in [4.78, 5) is 2.47. The minimum absolute atomic E-state index is 0.211. The van der Waals surface area contributed by atoms with Crippen LogP contribution in [-0.2, 0) is 4.74 Å². The second-order valence-corrected chi connectivity index (χ2v) is 6.20. The lowest BCUT2D eigenvalue weighted by Gasteiger charge is -2.42. The van der Waals surface area contributed by atoms with Crippen molar-refractivity contribution in [2.24, 2.45) is 17.8 Å². The monoisotopic (exact) mass is 241 g/mol. The molecule has 2 heterocycles. The topological polar surface area (TPSA) is 32.7 Å². The van der Waals surface area contributed by atoms with E-state index in [1.54, 1.807) is 0 Å². The van der Waals surface area contributed by atoms with Crippen LogP contribution < -0.4 is 0 Å². The number of hydrogen-bond acceptors (Lipinski definition) is 3. The van der Waals surface area contributed by atoms with Gasteiger partial charge in [-0.3, -0.25) is 4.90 Å². The van der Waals surface area contributed by atoms with Gasteiger partial charge in [0.15, 0.2) is 0 Å². The third kappa shape index (κ3) is 3.21. The Morgan fingerprint density at radius 2 is 2.12 bits per heavy atom. The minimum Gasteiger partial charge on any atom is -0.391 e. The van der Waals surface area contributed by atoms with E-state index in [2.05, 4.69) is 25.7 Å². The van der Waals surface area contributed by atoms with Crippen LogP contribution in [0.15, 0.2) is 0 Å². The van der Waals surface area contributed by atoms with Gasteiger partial charge in [-0.05, 0) is 31.6 Å². The summed E-state index contributed by atoms with van der Waals surface area (Å²) in [7, 11) is 0. The second kappa shape index (κ2) is 5.68. The third-order valence-corrected chi connectivity index (χ3v) is 4.65. The number of aliphatic hydroxyl groups excluding tert-OH is 1. The lowest BCUT2D eigenvalue weighted by Crippen LogP contribution is -2.49. The fraction of sp³-hybridized carbons (Fsp3) is 1.00. The van der Waals surface area contributed by atoms with E-state index in [9.17, 15) is 5.11 Å². The molecule has 0 aromatic heterocycles. The van der Waals surface area contributed by atoms with E-state index in [0.29, 0.717) is 12.0 Å². The highest BCUT2D eigenvalue weighted by molar-refractivity contribution is 4.85. The molecule has 3 heteroatoms. The van der Waals surface area contributed by atoms with Crippen LogP contribution in [0, 0.1) is 17.8 Å². The molecule has 0 radical (unpaired) electrons. The summed E-state index contributed by atoms with van der Waals surface area (Å²) in [6, 6.07) is 0.600. The lowest BCUT2D eigenvalue weighted by atomic mass is 9.85. The molecule has 2 saturated heterocycles. The standard InChI is InChI=1S/C14H27NO2/c1-10-6-11(2)12(3)15(7-10)8-14(16)13-4-5-17-9-13/h10-14,16H,4-9H2,1-3H3. The summed E-state index contributed by atoms with van der Waals surface area (Å²) in [6.45, 7) is 10.5. The molecule has 0 aromatic rings. The van der Waals surface area contributed by atoms with Crippen LogP contribution in [0.25, 0.3) is 0 Å². The van der Waals surface area contributed by atoms with Gasteiger partial charge in [0, 0.05) is 31.7 Å². The Morgan fingerprint density at radius 1 is 1.35 bits per heavy atom. The maximum Gasteiger partial charge on any atom is 0.0718 e. The quantitative estimate of drug-likeness (QED) is 0.817. The summed E-state index contributed by atoms with van der Waals surface area (Å²) < 4.78 is 5.36. The Labute approximate surface area is 105 Å². The fourth-order valence-electron chi connectivity index (χ4n) is 3.32. The largest absolute Gasteiger partial charge is 0.391 e. The highest BCUT2D eigenvalue weighted by Gasteiger charge is 2.32. The first kappa shape index (κ1) is 13.3. The van der Waals surface area contributed by atoms with Crippen LogP contribution in [0.5, 0.6) is 0 Å². The number of hydrogen-bond donors (Lipinski definition) is 1. The van der Waals surface area contributed by atoms with Gasteiger partial charge in [-0.25, -0.2) is 0 Å². The van der Waals surface area contributed by atoms with Crippen LogP contribution in [0.4, 0.5) is 0 Å². The zero-order chi connectivity index (χ0) is 12.4. The summed E-state index contributed by atoms with van der Waals surface area (Å²) >= 11 is 0. The van der Waals surface area contributed by atoms with Gasteiger partial charge in [-0.1, -0.05) is 13.8 Å². The summed E-state index contributed by atoms with van der Waals surface area (Å²) in [5, 5.41) is 10.3. The molecule has 2 aliphatic rings. The summed E-state index contributed by atoms with van der Waals surface area (Å²) in [5.41, 5.74) is 0. The maximum absolute atomic E-state index is 10.3. The summed E-state index contributed by atoms with van der Waals surface area (Å²) in [5.74, 6) is 1.86. The van der Waals surface area contributed by atoms with Crippen LogP contribution in [0.3, 0.4) is 0 Å². The number of β-amino-alcohol motifs (C(OH)–C–C–N with tert-alkyl or cyclic N) is 1. The summed E-state index contributed by atoms with van der Waals surface area (Å²) in [6.07, 6.45) is 2.13. The van der Waals surface area contributed by atoms with E-state index < -0.39 is 0 Å². The molecule has 1 N–H and O–H groups in total. The lowest BCUT2D eigenvalue weighted by molar-refractivity contribution is 0.00726. The average molecular weight is 241 g/mol. The Hall–Kier alpha value is -0.120. The minimum atomic E-state index is -0.211. The molecule has 0 spiro atoms. The molecule has 100 valence electrons. The molecule has 0 amide bonds. The molecule has 5 atom stereocenters. The second-order valence-electron chi connectivity index (χ2n) is 6.20. The normalized spacial score (nSPS) is 41.6. The molecular weight excluding hydrogens is 214 g/mol. The van der Waals surface area contributed by atoms with E-state index in [1.807, 2.05) is 0 Å². The van der Waals surface area contributed by atoms with Gasteiger partial charge < -0.3 is 9.84 Å². The predicted molar refractivity (Wildman–Crippen MR) is 68.9 cm³/mol. The van der Waals surface area contributed by atoms with Crippen molar-refractivity contribution >= 4 is 0 Å². The van der Waals surface area contributed by atoms with Crippen molar-refractivity contribution in [3.8, 4) is 0 Å². The van der Waals surface area contributed by atoms with Crippen molar-refractivity contribution in [2.45, 2.75) is 45.8 Å². The van der Waals surface area contributed by atoms with Crippen LogP contribution in [-0.4, -0.2) is 48.5 Å². The number of likely N-dealkylation sites (tertiary alicyclic amines) is 1. The van der Waals surface area contributed by atoms with Crippen molar-refractivity contribution in [2.75, 3.05) is 26.3 Å². The van der Waals surface area contributed by atoms with E-state index in [0.717, 1.165) is 44.6 Å². The first-order valence-corrected chi connectivity index (χ1v) is 7.07. The Morgan fingerprint density at radius 3 is 2.76 bits per heavy atom. The van der Waals surface area contributed by atoms with Crippen molar-refractivity contribution in [1.29, 1.82) is 0 Å². The predicted octanol–water partition coefficient (Wildman–Crippen LogP) is 1.75. The van der Waals surface area contributed by atoms with E-state index in [1.165, 1.54) is 6.42 Å². The molecule has 2 rings (SSSR count). The van der Waals surface area contributed by atoms with Gasteiger partial charge in [0.05, 0.1) is 12.7 Å². The van der Waals surface area contributed by atoms with Crippen molar-refractivity contribution in [3.05, 3.63) is 0 Å².